The van der Waals surface area contributed by atoms with Crippen LogP contribution in [0.1, 0.15) is 10.4 Å². The van der Waals surface area contributed by atoms with Crippen LogP contribution in [0.3, 0.4) is 0 Å². The van der Waals surface area contributed by atoms with Crippen molar-refractivity contribution in [2.24, 2.45) is 0 Å². The number of nitrogen functional groups attached to an aromatic ring is 1. The van der Waals surface area contributed by atoms with E-state index in [0.29, 0.717) is 10.8 Å². The lowest BCUT2D eigenvalue weighted by Crippen LogP contribution is -2.11. The molecule has 0 atom stereocenters. The van der Waals surface area contributed by atoms with Crippen LogP contribution in [0.5, 0.6) is 5.75 Å². The first kappa shape index (κ1) is 17.5. The predicted octanol–water partition coefficient (Wildman–Crippen LogP) is 6.07. The van der Waals surface area contributed by atoms with Gasteiger partial charge in [-0.25, -0.2) is 9.18 Å². The predicted molar refractivity (Wildman–Crippen MR) is 114 cm³/mol. The van der Waals surface area contributed by atoms with E-state index >= 15 is 0 Å². The molecule has 1 aromatic heterocycles. The van der Waals surface area contributed by atoms with Gasteiger partial charge >= 0.3 is 5.97 Å². The zero-order chi connectivity index (χ0) is 20.1. The van der Waals surface area contributed by atoms with E-state index < -0.39 is 11.8 Å². The first-order chi connectivity index (χ1) is 14.0. The highest BCUT2D eigenvalue weighted by Crippen LogP contribution is 2.34. The van der Waals surface area contributed by atoms with Crippen LogP contribution in [0, 0.1) is 5.82 Å². The number of hydrogen-bond acceptors (Lipinski definition) is 3. The monoisotopic (exact) mass is 404 g/mol. The molecule has 3 N–H and O–H groups in total. The maximum atomic E-state index is 14.0. The average molecular weight is 405 g/mol. The van der Waals surface area contributed by atoms with Crippen molar-refractivity contribution < 1.29 is 13.9 Å². The van der Waals surface area contributed by atoms with Crippen molar-refractivity contribution in [3.63, 3.8) is 0 Å². The maximum absolute atomic E-state index is 14.0. The SMILES string of the molecule is Nc1ccc(F)c(C(=O)Oc2ccc3ccc4c5cc(Cl)ccc5[nH]c4c3c2)c1. The molecule has 0 bridgehead atoms. The van der Waals surface area contributed by atoms with E-state index in [0.717, 1.165) is 38.6 Å². The van der Waals surface area contributed by atoms with Crippen molar-refractivity contribution in [3.05, 3.63) is 83.1 Å². The minimum atomic E-state index is -0.801. The van der Waals surface area contributed by atoms with E-state index in [1.54, 1.807) is 12.1 Å². The molecule has 4 aromatic carbocycles. The van der Waals surface area contributed by atoms with Gasteiger partial charge in [-0.1, -0.05) is 29.8 Å². The summed E-state index contributed by atoms with van der Waals surface area (Å²) in [6, 6.07) is 18.8. The summed E-state index contributed by atoms with van der Waals surface area (Å²) in [5.41, 5.74) is 7.61. The van der Waals surface area contributed by atoms with Gasteiger partial charge in [0.05, 0.1) is 11.1 Å². The van der Waals surface area contributed by atoms with Crippen LogP contribution in [-0.2, 0) is 0 Å². The van der Waals surface area contributed by atoms with Gasteiger partial charge in [-0.3, -0.25) is 0 Å². The summed E-state index contributed by atoms with van der Waals surface area (Å²) in [7, 11) is 0. The summed E-state index contributed by atoms with van der Waals surface area (Å²) in [6.07, 6.45) is 0. The molecule has 1 heterocycles. The summed E-state index contributed by atoms with van der Waals surface area (Å²) in [4.78, 5) is 15.8. The zero-order valence-corrected chi connectivity index (χ0v) is 15.8. The fraction of sp³-hybridized carbons (Fsp3) is 0. The number of ether oxygens (including phenoxy) is 1. The summed E-state index contributed by atoms with van der Waals surface area (Å²) < 4.78 is 19.4. The number of H-pyrrole nitrogens is 1. The number of aromatic nitrogens is 1. The van der Waals surface area contributed by atoms with Gasteiger partial charge in [-0.2, -0.15) is 0 Å². The van der Waals surface area contributed by atoms with Crippen LogP contribution in [0.4, 0.5) is 10.1 Å². The summed E-state index contributed by atoms with van der Waals surface area (Å²) in [5.74, 6) is -1.17. The third-order valence-corrected chi connectivity index (χ3v) is 5.18. The van der Waals surface area contributed by atoms with Crippen molar-refractivity contribution in [2.75, 3.05) is 5.73 Å². The van der Waals surface area contributed by atoms with Crippen LogP contribution >= 0.6 is 11.6 Å². The van der Waals surface area contributed by atoms with E-state index in [1.807, 2.05) is 36.4 Å². The number of halogens is 2. The number of fused-ring (bicyclic) bond motifs is 5. The number of carbonyl (C=O) groups is 1. The van der Waals surface area contributed by atoms with Gasteiger partial charge in [0, 0.05) is 32.4 Å². The Hall–Kier alpha value is -3.57. The number of rotatable bonds is 2. The molecule has 5 rings (SSSR count). The smallest absolute Gasteiger partial charge is 0.346 e. The Balaban J connectivity index is 1.62. The van der Waals surface area contributed by atoms with Crippen LogP contribution in [-0.4, -0.2) is 11.0 Å². The van der Waals surface area contributed by atoms with Gasteiger partial charge in [0.1, 0.15) is 11.6 Å². The highest BCUT2D eigenvalue weighted by molar-refractivity contribution is 6.32. The molecule has 0 saturated heterocycles. The summed E-state index contributed by atoms with van der Waals surface area (Å²) in [6.45, 7) is 0. The van der Waals surface area contributed by atoms with Crippen LogP contribution in [0.25, 0.3) is 32.6 Å². The Labute approximate surface area is 169 Å². The largest absolute Gasteiger partial charge is 0.423 e. The number of aromatic amines is 1. The molecule has 4 nitrogen and oxygen atoms in total. The normalized spacial score (nSPS) is 11.4. The Morgan fingerprint density at radius 2 is 1.76 bits per heavy atom. The van der Waals surface area contributed by atoms with Gasteiger partial charge in [0.2, 0.25) is 0 Å². The number of anilines is 1. The fourth-order valence-corrected chi connectivity index (χ4v) is 3.74. The van der Waals surface area contributed by atoms with Crippen molar-refractivity contribution >= 4 is 55.8 Å². The molecule has 0 fully saturated rings. The quantitative estimate of drug-likeness (QED) is 0.213. The Morgan fingerprint density at radius 3 is 2.62 bits per heavy atom. The lowest BCUT2D eigenvalue weighted by molar-refractivity contribution is 0.0730. The molecular formula is C23H14ClFN2O2. The molecule has 142 valence electrons. The third-order valence-electron chi connectivity index (χ3n) is 4.95. The number of esters is 1. The Kier molecular flexibility index (Phi) is 3.93. The maximum Gasteiger partial charge on any atom is 0.346 e. The van der Waals surface area contributed by atoms with Crippen molar-refractivity contribution in [3.8, 4) is 5.75 Å². The first-order valence-electron chi connectivity index (χ1n) is 8.90. The van der Waals surface area contributed by atoms with E-state index in [9.17, 15) is 9.18 Å². The molecule has 0 saturated carbocycles. The minimum Gasteiger partial charge on any atom is -0.423 e. The number of nitrogens with one attached hydrogen (secondary N) is 1. The number of hydrogen-bond donors (Lipinski definition) is 2. The lowest BCUT2D eigenvalue weighted by atomic mass is 10.1. The second-order valence-electron chi connectivity index (χ2n) is 6.81. The zero-order valence-electron chi connectivity index (χ0n) is 15.0. The van der Waals surface area contributed by atoms with Crippen LogP contribution < -0.4 is 10.5 Å². The Bertz CT molecular complexity index is 1440. The van der Waals surface area contributed by atoms with Gasteiger partial charge in [0.25, 0.3) is 0 Å². The van der Waals surface area contributed by atoms with Crippen LogP contribution in [0.15, 0.2) is 66.7 Å². The molecule has 6 heteroatoms. The van der Waals surface area contributed by atoms with Crippen molar-refractivity contribution in [2.45, 2.75) is 0 Å². The molecule has 5 aromatic rings. The van der Waals surface area contributed by atoms with Gasteiger partial charge in [0.15, 0.2) is 0 Å². The van der Waals surface area contributed by atoms with Gasteiger partial charge < -0.3 is 15.5 Å². The molecule has 0 unspecified atom stereocenters. The van der Waals surface area contributed by atoms with E-state index in [4.69, 9.17) is 22.1 Å². The molecule has 0 spiro atoms. The number of nitrogens with two attached hydrogens (primary N) is 1. The highest BCUT2D eigenvalue weighted by atomic mass is 35.5. The second kappa shape index (κ2) is 6.50. The first-order valence-corrected chi connectivity index (χ1v) is 9.28. The molecule has 0 aliphatic heterocycles. The van der Waals surface area contributed by atoms with Crippen LogP contribution in [0.2, 0.25) is 5.02 Å². The van der Waals surface area contributed by atoms with Crippen molar-refractivity contribution in [1.82, 2.24) is 4.98 Å². The second-order valence-corrected chi connectivity index (χ2v) is 7.25. The molecule has 29 heavy (non-hydrogen) atoms. The Morgan fingerprint density at radius 1 is 0.931 bits per heavy atom. The van der Waals surface area contributed by atoms with E-state index in [1.165, 1.54) is 12.1 Å². The minimum absolute atomic E-state index is 0.205. The topological polar surface area (TPSA) is 68.1 Å². The standard InChI is InChI=1S/C23H14ClFN2O2/c24-13-3-8-21-18(9-13)16-6-2-12-1-5-15(11-17(12)22(16)27-21)29-23(28)19-10-14(26)4-7-20(19)25/h1-11,27H,26H2. The third kappa shape index (κ3) is 2.96. The van der Waals surface area contributed by atoms with Gasteiger partial charge in [-0.05, 0) is 53.9 Å². The molecule has 0 aliphatic rings. The summed E-state index contributed by atoms with van der Waals surface area (Å²) in [5, 5.41) is 4.54. The molecule has 0 amide bonds. The van der Waals surface area contributed by atoms with Gasteiger partial charge in [-0.15, -0.1) is 0 Å². The molecule has 0 aliphatic carbocycles. The lowest BCUT2D eigenvalue weighted by Gasteiger charge is -2.08. The number of benzene rings is 4. The molecule has 0 radical (unpaired) electrons. The van der Waals surface area contributed by atoms with Crippen molar-refractivity contribution in [1.29, 1.82) is 0 Å². The fourth-order valence-electron chi connectivity index (χ4n) is 3.57. The molecular weight excluding hydrogens is 391 g/mol. The number of carbonyl (C=O) groups excluding carboxylic acids is 1. The highest BCUT2D eigenvalue weighted by Gasteiger charge is 2.16. The van der Waals surface area contributed by atoms with E-state index in [-0.39, 0.29) is 11.3 Å². The average Bonchev–Trinajstić information content (AvgIpc) is 3.08. The van der Waals surface area contributed by atoms with E-state index in [2.05, 4.69) is 4.98 Å². The summed E-state index contributed by atoms with van der Waals surface area (Å²) >= 11 is 6.15.